The standard InChI is InChI=1S/C19H16ClN5/c1-12-3-8-17(13(2)9-12)25-19-16(10-23-25)18(21-11-22-19)24-15-6-4-14(20)5-7-15/h3-11H,1-2H3,(H,21,22,24). The summed E-state index contributed by atoms with van der Waals surface area (Å²) in [5.74, 6) is 0.711. The number of anilines is 2. The van der Waals surface area contributed by atoms with E-state index in [9.17, 15) is 0 Å². The molecule has 124 valence electrons. The Morgan fingerprint density at radius 3 is 2.56 bits per heavy atom. The molecule has 0 radical (unpaired) electrons. The summed E-state index contributed by atoms with van der Waals surface area (Å²) in [6, 6.07) is 13.8. The van der Waals surface area contributed by atoms with E-state index in [2.05, 4.69) is 52.4 Å². The highest BCUT2D eigenvalue weighted by Gasteiger charge is 2.12. The molecule has 1 N–H and O–H groups in total. The summed E-state index contributed by atoms with van der Waals surface area (Å²) in [5.41, 5.74) is 5.05. The maximum absolute atomic E-state index is 5.94. The van der Waals surface area contributed by atoms with E-state index in [4.69, 9.17) is 11.6 Å². The average molecular weight is 350 g/mol. The van der Waals surface area contributed by atoms with Crippen LogP contribution < -0.4 is 5.32 Å². The molecule has 0 saturated heterocycles. The lowest BCUT2D eigenvalue weighted by atomic mass is 10.1. The summed E-state index contributed by atoms with van der Waals surface area (Å²) in [6.45, 7) is 4.15. The Kier molecular flexibility index (Phi) is 3.86. The fourth-order valence-corrected chi connectivity index (χ4v) is 2.96. The fraction of sp³-hybridized carbons (Fsp3) is 0.105. The Bertz CT molecular complexity index is 1050. The first-order valence-corrected chi connectivity index (χ1v) is 8.28. The molecule has 6 heteroatoms. The number of nitrogens with one attached hydrogen (secondary N) is 1. The second-order valence-corrected chi connectivity index (χ2v) is 6.37. The Morgan fingerprint density at radius 1 is 1.00 bits per heavy atom. The van der Waals surface area contributed by atoms with Crippen molar-refractivity contribution in [3.05, 3.63) is 71.1 Å². The van der Waals surface area contributed by atoms with Crippen molar-refractivity contribution < 1.29 is 0 Å². The average Bonchev–Trinajstić information content (AvgIpc) is 3.02. The van der Waals surface area contributed by atoms with Gasteiger partial charge in [0.1, 0.15) is 12.1 Å². The highest BCUT2D eigenvalue weighted by Crippen LogP contribution is 2.26. The summed E-state index contributed by atoms with van der Waals surface area (Å²) in [7, 11) is 0. The topological polar surface area (TPSA) is 55.6 Å². The monoisotopic (exact) mass is 349 g/mol. The van der Waals surface area contributed by atoms with E-state index >= 15 is 0 Å². The Morgan fingerprint density at radius 2 is 1.80 bits per heavy atom. The smallest absolute Gasteiger partial charge is 0.168 e. The summed E-state index contributed by atoms with van der Waals surface area (Å²) in [6.07, 6.45) is 3.33. The number of rotatable bonds is 3. The van der Waals surface area contributed by atoms with Gasteiger partial charge in [0, 0.05) is 10.7 Å². The van der Waals surface area contributed by atoms with Gasteiger partial charge in [0.2, 0.25) is 0 Å². The molecule has 25 heavy (non-hydrogen) atoms. The summed E-state index contributed by atoms with van der Waals surface area (Å²) in [4.78, 5) is 8.79. The van der Waals surface area contributed by atoms with Gasteiger partial charge in [0.15, 0.2) is 5.65 Å². The molecule has 0 unspecified atom stereocenters. The number of fused-ring (bicyclic) bond motifs is 1. The van der Waals surface area contributed by atoms with E-state index in [1.807, 2.05) is 28.9 Å². The maximum atomic E-state index is 5.94. The van der Waals surface area contributed by atoms with Crippen molar-refractivity contribution in [3.8, 4) is 5.69 Å². The third-order valence-corrected chi connectivity index (χ3v) is 4.31. The van der Waals surface area contributed by atoms with Crippen LogP contribution in [0.4, 0.5) is 11.5 Å². The lowest BCUT2D eigenvalue weighted by Crippen LogP contribution is -2.01. The van der Waals surface area contributed by atoms with Crippen LogP contribution in [0.3, 0.4) is 0 Å². The van der Waals surface area contributed by atoms with Crippen LogP contribution in [-0.4, -0.2) is 19.7 Å². The second kappa shape index (κ2) is 6.18. The lowest BCUT2D eigenvalue weighted by Gasteiger charge is -2.09. The van der Waals surface area contributed by atoms with E-state index in [0.29, 0.717) is 10.8 Å². The SMILES string of the molecule is Cc1ccc(-n2ncc3c(Nc4ccc(Cl)cc4)ncnc32)c(C)c1. The van der Waals surface area contributed by atoms with Gasteiger partial charge in [0.25, 0.3) is 0 Å². The Balaban J connectivity index is 1.79. The molecule has 5 nitrogen and oxygen atoms in total. The third-order valence-electron chi connectivity index (χ3n) is 4.05. The van der Waals surface area contributed by atoms with Gasteiger partial charge < -0.3 is 5.32 Å². The first-order valence-electron chi connectivity index (χ1n) is 7.91. The zero-order chi connectivity index (χ0) is 17.4. The van der Waals surface area contributed by atoms with Crippen molar-refractivity contribution in [2.24, 2.45) is 0 Å². The molecule has 0 aliphatic heterocycles. The molecule has 0 fully saturated rings. The molecule has 2 aromatic carbocycles. The molecular weight excluding hydrogens is 334 g/mol. The van der Waals surface area contributed by atoms with Gasteiger partial charge in [-0.15, -0.1) is 0 Å². The van der Waals surface area contributed by atoms with Gasteiger partial charge in [0.05, 0.1) is 17.3 Å². The first kappa shape index (κ1) is 15.6. The van der Waals surface area contributed by atoms with E-state index in [1.165, 1.54) is 5.56 Å². The number of halogens is 1. The van der Waals surface area contributed by atoms with Crippen LogP contribution in [0.25, 0.3) is 16.7 Å². The minimum Gasteiger partial charge on any atom is -0.340 e. The largest absolute Gasteiger partial charge is 0.340 e. The molecule has 4 aromatic rings. The van der Waals surface area contributed by atoms with E-state index in [1.54, 1.807) is 12.5 Å². The van der Waals surface area contributed by atoms with Crippen LogP contribution in [-0.2, 0) is 0 Å². The number of aromatic nitrogens is 4. The molecule has 0 aliphatic rings. The van der Waals surface area contributed by atoms with Crippen LogP contribution in [0.15, 0.2) is 55.0 Å². The van der Waals surface area contributed by atoms with Gasteiger partial charge in [-0.1, -0.05) is 29.3 Å². The van der Waals surface area contributed by atoms with Crippen molar-refractivity contribution in [3.63, 3.8) is 0 Å². The quantitative estimate of drug-likeness (QED) is 0.575. The van der Waals surface area contributed by atoms with Gasteiger partial charge in [-0.05, 0) is 49.7 Å². The van der Waals surface area contributed by atoms with Crippen LogP contribution in [0, 0.1) is 13.8 Å². The van der Waals surface area contributed by atoms with Gasteiger partial charge in [-0.2, -0.15) is 5.10 Å². The Hall–Kier alpha value is -2.92. The van der Waals surface area contributed by atoms with Gasteiger partial charge in [-0.3, -0.25) is 0 Å². The summed E-state index contributed by atoms with van der Waals surface area (Å²) in [5, 5.41) is 9.38. The van der Waals surface area contributed by atoms with E-state index in [-0.39, 0.29) is 0 Å². The number of hydrogen-bond acceptors (Lipinski definition) is 4. The lowest BCUT2D eigenvalue weighted by molar-refractivity contribution is 0.886. The molecular formula is C19H16ClN5. The van der Waals surface area contributed by atoms with Gasteiger partial charge >= 0.3 is 0 Å². The number of benzene rings is 2. The normalized spacial score (nSPS) is 11.0. The zero-order valence-electron chi connectivity index (χ0n) is 13.9. The molecule has 2 aromatic heterocycles. The van der Waals surface area contributed by atoms with Crippen LogP contribution >= 0.6 is 11.6 Å². The molecule has 0 atom stereocenters. The maximum Gasteiger partial charge on any atom is 0.168 e. The van der Waals surface area contributed by atoms with Crippen molar-refractivity contribution in [2.45, 2.75) is 13.8 Å². The predicted molar refractivity (Wildman–Crippen MR) is 101 cm³/mol. The van der Waals surface area contributed by atoms with E-state index < -0.39 is 0 Å². The Labute approximate surface area is 150 Å². The first-order chi connectivity index (χ1) is 12.1. The molecule has 2 heterocycles. The fourth-order valence-electron chi connectivity index (χ4n) is 2.83. The minimum absolute atomic E-state index is 0.695. The van der Waals surface area contributed by atoms with Crippen molar-refractivity contribution in [1.82, 2.24) is 19.7 Å². The highest BCUT2D eigenvalue weighted by molar-refractivity contribution is 6.30. The van der Waals surface area contributed by atoms with E-state index in [0.717, 1.165) is 28.0 Å². The highest BCUT2D eigenvalue weighted by atomic mass is 35.5. The zero-order valence-corrected chi connectivity index (χ0v) is 14.6. The number of nitrogens with zero attached hydrogens (tertiary/aromatic N) is 4. The summed E-state index contributed by atoms with van der Waals surface area (Å²) >= 11 is 5.94. The van der Waals surface area contributed by atoms with Crippen molar-refractivity contribution in [1.29, 1.82) is 0 Å². The number of hydrogen-bond donors (Lipinski definition) is 1. The summed E-state index contributed by atoms with van der Waals surface area (Å²) < 4.78 is 1.85. The van der Waals surface area contributed by atoms with Gasteiger partial charge in [-0.25, -0.2) is 14.6 Å². The minimum atomic E-state index is 0.695. The molecule has 0 saturated carbocycles. The van der Waals surface area contributed by atoms with Crippen molar-refractivity contribution in [2.75, 3.05) is 5.32 Å². The molecule has 0 amide bonds. The second-order valence-electron chi connectivity index (χ2n) is 5.94. The number of aryl methyl sites for hydroxylation is 2. The molecule has 0 spiro atoms. The van der Waals surface area contributed by atoms with Crippen LogP contribution in [0.2, 0.25) is 5.02 Å². The van der Waals surface area contributed by atoms with Crippen LogP contribution in [0.5, 0.6) is 0 Å². The predicted octanol–water partition coefficient (Wildman–Crippen LogP) is 4.83. The third kappa shape index (κ3) is 2.94. The molecule has 4 rings (SSSR count). The van der Waals surface area contributed by atoms with Crippen molar-refractivity contribution >= 4 is 34.1 Å². The molecule has 0 aliphatic carbocycles. The molecule has 0 bridgehead atoms. The van der Waals surface area contributed by atoms with Crippen LogP contribution in [0.1, 0.15) is 11.1 Å².